The van der Waals surface area contributed by atoms with Crippen LogP contribution in [0.5, 0.6) is 5.75 Å². The van der Waals surface area contributed by atoms with Crippen molar-refractivity contribution in [2.75, 3.05) is 30.9 Å². The maximum Gasteiger partial charge on any atom is 0.322 e. The topological polar surface area (TPSA) is 92.8 Å². The lowest BCUT2D eigenvalue weighted by molar-refractivity contribution is -0.124. The van der Waals surface area contributed by atoms with Crippen molar-refractivity contribution in [3.8, 4) is 5.75 Å². The molecule has 0 aliphatic carbocycles. The van der Waals surface area contributed by atoms with Crippen LogP contribution < -0.4 is 15.4 Å². The molecule has 4 rings (SSSR count). The number of anilines is 2. The van der Waals surface area contributed by atoms with E-state index >= 15 is 0 Å². The minimum atomic E-state index is -0.397. The lowest BCUT2D eigenvalue weighted by atomic mass is 10.2. The first-order valence-electron chi connectivity index (χ1n) is 9.34. The standard InChI is InChI=1S/C19H21ClN4O4S/c1-27-14-5-4-11(20)9-13(14)22-19(26)24-7-6-12-16(10-24)29-18(21-12)23-17(25)15-3-2-8-28-15/h4-5,9,15H,2-3,6-8,10H2,1H3,(H,22,26)(H,21,23,25). The Morgan fingerprint density at radius 1 is 1.38 bits per heavy atom. The second-order valence-corrected chi connectivity index (χ2v) is 8.35. The van der Waals surface area contributed by atoms with Crippen LogP contribution in [-0.4, -0.2) is 48.2 Å². The molecule has 8 nitrogen and oxygen atoms in total. The van der Waals surface area contributed by atoms with Crippen LogP contribution in [0, 0.1) is 0 Å². The van der Waals surface area contributed by atoms with Gasteiger partial charge in [0.1, 0.15) is 11.9 Å². The lowest BCUT2D eigenvalue weighted by Gasteiger charge is -2.26. The number of benzene rings is 1. The maximum absolute atomic E-state index is 12.7. The fourth-order valence-electron chi connectivity index (χ4n) is 3.36. The number of hydrogen-bond acceptors (Lipinski definition) is 6. The van der Waals surface area contributed by atoms with Crippen molar-refractivity contribution in [2.24, 2.45) is 0 Å². The van der Waals surface area contributed by atoms with Gasteiger partial charge in [-0.1, -0.05) is 22.9 Å². The molecule has 1 aromatic carbocycles. The Morgan fingerprint density at radius 3 is 3.00 bits per heavy atom. The second-order valence-electron chi connectivity index (χ2n) is 6.83. The summed E-state index contributed by atoms with van der Waals surface area (Å²) in [5.41, 5.74) is 1.44. The van der Waals surface area contributed by atoms with Gasteiger partial charge >= 0.3 is 6.03 Å². The van der Waals surface area contributed by atoms with Gasteiger partial charge in [0.15, 0.2) is 5.13 Å². The quantitative estimate of drug-likeness (QED) is 0.765. The number of nitrogens with zero attached hydrogens (tertiary/aromatic N) is 2. The highest BCUT2D eigenvalue weighted by atomic mass is 35.5. The molecule has 10 heteroatoms. The molecule has 1 saturated heterocycles. The number of thiazole rings is 1. The first kappa shape index (κ1) is 19.9. The number of methoxy groups -OCH3 is 1. The van der Waals surface area contributed by atoms with Crippen LogP contribution in [0.25, 0.3) is 0 Å². The third kappa shape index (κ3) is 4.47. The highest BCUT2D eigenvalue weighted by Crippen LogP contribution is 2.31. The van der Waals surface area contributed by atoms with E-state index in [1.165, 1.54) is 18.4 Å². The molecular formula is C19H21ClN4O4S. The Labute approximate surface area is 177 Å². The Kier molecular flexibility index (Phi) is 5.89. The first-order chi connectivity index (χ1) is 14.0. The van der Waals surface area contributed by atoms with Crippen molar-refractivity contribution in [3.63, 3.8) is 0 Å². The van der Waals surface area contributed by atoms with Crippen LogP contribution in [0.4, 0.5) is 15.6 Å². The molecule has 2 aliphatic heterocycles. The highest BCUT2D eigenvalue weighted by Gasteiger charge is 2.27. The van der Waals surface area contributed by atoms with E-state index < -0.39 is 6.10 Å². The number of urea groups is 1. The molecule has 3 amide bonds. The molecule has 3 heterocycles. The number of carbonyl (C=O) groups excluding carboxylic acids is 2. The fraction of sp³-hybridized carbons (Fsp3) is 0.421. The van der Waals surface area contributed by atoms with Crippen molar-refractivity contribution in [1.29, 1.82) is 0 Å². The van der Waals surface area contributed by atoms with Crippen molar-refractivity contribution in [3.05, 3.63) is 33.8 Å². The van der Waals surface area contributed by atoms with E-state index in [4.69, 9.17) is 21.1 Å². The minimum absolute atomic E-state index is 0.156. The highest BCUT2D eigenvalue weighted by molar-refractivity contribution is 7.15. The number of ether oxygens (including phenoxy) is 2. The largest absolute Gasteiger partial charge is 0.495 e. The molecule has 1 unspecified atom stereocenters. The lowest BCUT2D eigenvalue weighted by Crippen LogP contribution is -2.38. The third-order valence-corrected chi connectivity index (χ3v) is 6.11. The summed E-state index contributed by atoms with van der Waals surface area (Å²) in [5, 5.41) is 6.75. The second kappa shape index (κ2) is 8.56. The van der Waals surface area contributed by atoms with Crippen LogP contribution in [0.3, 0.4) is 0 Å². The summed E-state index contributed by atoms with van der Waals surface area (Å²) in [6.07, 6.45) is 1.86. The molecule has 2 N–H and O–H groups in total. The van der Waals surface area contributed by atoms with Crippen LogP contribution in [-0.2, 0) is 22.5 Å². The number of amides is 3. The van der Waals surface area contributed by atoms with Gasteiger partial charge in [0.2, 0.25) is 0 Å². The minimum Gasteiger partial charge on any atom is -0.495 e. The number of rotatable bonds is 4. The van der Waals surface area contributed by atoms with Gasteiger partial charge in [-0.15, -0.1) is 0 Å². The molecule has 1 aromatic heterocycles. The average molecular weight is 437 g/mol. The summed E-state index contributed by atoms with van der Waals surface area (Å²) in [5.74, 6) is 0.383. The molecular weight excluding hydrogens is 416 g/mol. The summed E-state index contributed by atoms with van der Waals surface area (Å²) in [4.78, 5) is 32.1. The molecule has 1 fully saturated rings. The summed E-state index contributed by atoms with van der Waals surface area (Å²) in [6.45, 7) is 1.58. The van der Waals surface area contributed by atoms with Crippen molar-refractivity contribution < 1.29 is 19.1 Å². The molecule has 2 aromatic rings. The third-order valence-electron chi connectivity index (χ3n) is 4.87. The molecule has 1 atom stereocenters. The van der Waals surface area contributed by atoms with Gasteiger partial charge in [0, 0.05) is 29.5 Å². The summed E-state index contributed by atoms with van der Waals surface area (Å²) in [6, 6.07) is 4.82. The summed E-state index contributed by atoms with van der Waals surface area (Å²) in [7, 11) is 1.54. The molecule has 0 radical (unpaired) electrons. The molecule has 0 bridgehead atoms. The number of halogens is 1. The van der Waals surface area contributed by atoms with Gasteiger partial charge in [-0.3, -0.25) is 10.1 Å². The zero-order valence-electron chi connectivity index (χ0n) is 15.9. The Balaban J connectivity index is 1.40. The Bertz CT molecular complexity index is 929. The molecule has 0 spiro atoms. The number of carbonyl (C=O) groups is 2. The smallest absolute Gasteiger partial charge is 0.322 e. The van der Waals surface area contributed by atoms with Gasteiger partial charge in [-0.2, -0.15) is 0 Å². The van der Waals surface area contributed by atoms with Crippen molar-refractivity contribution in [2.45, 2.75) is 31.9 Å². The molecule has 0 saturated carbocycles. The van der Waals surface area contributed by atoms with Gasteiger partial charge in [-0.25, -0.2) is 9.78 Å². The van der Waals surface area contributed by atoms with Crippen molar-refractivity contribution >= 4 is 45.7 Å². The van der Waals surface area contributed by atoms with Crippen LogP contribution in [0.2, 0.25) is 5.02 Å². The van der Waals surface area contributed by atoms with E-state index in [0.717, 1.165) is 23.4 Å². The molecule has 29 heavy (non-hydrogen) atoms. The maximum atomic E-state index is 12.7. The van der Waals surface area contributed by atoms with E-state index in [9.17, 15) is 9.59 Å². The molecule has 2 aliphatic rings. The number of nitrogens with one attached hydrogen (secondary N) is 2. The average Bonchev–Trinajstić information content (AvgIpc) is 3.37. The number of hydrogen-bond donors (Lipinski definition) is 2. The van der Waals surface area contributed by atoms with E-state index in [-0.39, 0.29) is 11.9 Å². The van der Waals surface area contributed by atoms with Gasteiger partial charge in [0.25, 0.3) is 5.91 Å². The zero-order chi connectivity index (χ0) is 20.4. The van der Waals surface area contributed by atoms with E-state index in [0.29, 0.717) is 47.7 Å². The van der Waals surface area contributed by atoms with Crippen LogP contribution in [0.15, 0.2) is 18.2 Å². The predicted octanol–water partition coefficient (Wildman–Crippen LogP) is 3.51. The van der Waals surface area contributed by atoms with Crippen LogP contribution >= 0.6 is 22.9 Å². The van der Waals surface area contributed by atoms with E-state index in [1.807, 2.05) is 0 Å². The Hall–Kier alpha value is -2.36. The van der Waals surface area contributed by atoms with Crippen LogP contribution in [0.1, 0.15) is 23.4 Å². The number of fused-ring (bicyclic) bond motifs is 1. The van der Waals surface area contributed by atoms with Gasteiger partial charge in [-0.05, 0) is 31.0 Å². The first-order valence-corrected chi connectivity index (χ1v) is 10.5. The van der Waals surface area contributed by atoms with E-state index in [1.54, 1.807) is 23.1 Å². The summed E-state index contributed by atoms with van der Waals surface area (Å²) < 4.78 is 10.7. The SMILES string of the molecule is COc1ccc(Cl)cc1NC(=O)N1CCc2nc(NC(=O)C3CCCO3)sc2C1. The normalized spacial score (nSPS) is 18.3. The van der Waals surface area contributed by atoms with Gasteiger partial charge in [0.05, 0.1) is 25.0 Å². The number of aromatic nitrogens is 1. The van der Waals surface area contributed by atoms with Crippen molar-refractivity contribution in [1.82, 2.24) is 9.88 Å². The van der Waals surface area contributed by atoms with E-state index in [2.05, 4.69) is 15.6 Å². The zero-order valence-corrected chi connectivity index (χ0v) is 17.4. The Morgan fingerprint density at radius 2 is 2.24 bits per heavy atom. The fourth-order valence-corrected chi connectivity index (χ4v) is 4.56. The van der Waals surface area contributed by atoms with Gasteiger partial charge < -0.3 is 19.7 Å². The molecule has 154 valence electrons. The summed E-state index contributed by atoms with van der Waals surface area (Å²) >= 11 is 7.42. The monoisotopic (exact) mass is 436 g/mol. The predicted molar refractivity (Wildman–Crippen MR) is 111 cm³/mol.